The van der Waals surface area contributed by atoms with Gasteiger partial charge in [-0.1, -0.05) is 129 Å². The molecule has 0 bridgehead atoms. The van der Waals surface area contributed by atoms with Crippen LogP contribution in [0.3, 0.4) is 0 Å². The van der Waals surface area contributed by atoms with Crippen LogP contribution in [-0.4, -0.2) is 17.8 Å². The lowest BCUT2D eigenvalue weighted by atomic mass is 9.66. The number of thiophene rings is 1. The molecule has 7 heteroatoms. The van der Waals surface area contributed by atoms with Gasteiger partial charge in [0.25, 0.3) is 0 Å². The Morgan fingerprint density at radius 1 is 0.611 bits per heavy atom. The molecule has 2 aliphatic carbocycles. The molecule has 4 aromatic carbocycles. The highest BCUT2D eigenvalue weighted by Gasteiger charge is 2.81. The van der Waals surface area contributed by atoms with E-state index in [1.807, 2.05) is 125 Å². The van der Waals surface area contributed by atoms with E-state index in [1.54, 1.807) is 13.8 Å². The van der Waals surface area contributed by atoms with Gasteiger partial charge >= 0.3 is 17.8 Å². The van der Waals surface area contributed by atoms with Crippen molar-refractivity contribution in [3.63, 3.8) is 0 Å². The van der Waals surface area contributed by atoms with E-state index < -0.39 is 34.3 Å². The van der Waals surface area contributed by atoms with Crippen molar-refractivity contribution in [2.24, 2.45) is 0 Å². The van der Waals surface area contributed by atoms with Gasteiger partial charge in [0.15, 0.2) is 0 Å². The minimum Gasteiger partial charge on any atom is -0.194 e. The molecule has 5 aromatic rings. The van der Waals surface area contributed by atoms with Crippen LogP contribution < -0.4 is 0 Å². The smallest absolute Gasteiger partial charge is 0.194 e. The quantitative estimate of drug-likeness (QED) is 0.139. The second-order valence-electron chi connectivity index (χ2n) is 14.5. The van der Waals surface area contributed by atoms with Gasteiger partial charge in [-0.2, -0.15) is 26.3 Å². The van der Waals surface area contributed by atoms with Crippen molar-refractivity contribution in [2.75, 3.05) is 0 Å². The monoisotopic (exact) mass is 752 g/mol. The highest BCUT2D eigenvalue weighted by atomic mass is 32.1. The number of benzene rings is 4. The average Bonchev–Trinajstić information content (AvgIpc) is 3.62. The molecule has 54 heavy (non-hydrogen) atoms. The third-order valence-electron chi connectivity index (χ3n) is 11.3. The lowest BCUT2D eigenvalue weighted by molar-refractivity contribution is -0.259. The second kappa shape index (κ2) is 13.6. The van der Waals surface area contributed by atoms with Crippen LogP contribution in [0.25, 0.3) is 21.6 Å². The molecule has 0 atom stereocenters. The first-order valence-corrected chi connectivity index (χ1v) is 19.2. The third-order valence-corrected chi connectivity index (χ3v) is 12.7. The number of allylic oxidation sites excluding steroid dienone is 6. The minimum atomic E-state index is -5.69. The molecule has 0 N–H and O–H groups in total. The van der Waals surface area contributed by atoms with Gasteiger partial charge in [-0.15, -0.1) is 11.3 Å². The van der Waals surface area contributed by atoms with Crippen LogP contribution in [0.4, 0.5) is 26.3 Å². The van der Waals surface area contributed by atoms with E-state index in [-0.39, 0.29) is 21.6 Å². The van der Waals surface area contributed by atoms with Gasteiger partial charge < -0.3 is 0 Å². The van der Waals surface area contributed by atoms with E-state index in [0.29, 0.717) is 32.7 Å². The van der Waals surface area contributed by atoms with E-state index in [0.717, 1.165) is 41.5 Å². The zero-order valence-electron chi connectivity index (χ0n) is 31.2. The van der Waals surface area contributed by atoms with Crippen LogP contribution in [0, 0.1) is 6.92 Å². The summed E-state index contributed by atoms with van der Waals surface area (Å²) in [6.45, 7) is 11.3. The first kappa shape index (κ1) is 37.7. The Hall–Kier alpha value is -4.62. The Balaban J connectivity index is 1.69. The number of alkyl halides is 6. The number of aryl methyl sites for hydroxylation is 4. The Labute approximate surface area is 317 Å². The first-order valence-electron chi connectivity index (χ1n) is 18.4. The van der Waals surface area contributed by atoms with Crippen LogP contribution in [0.2, 0.25) is 0 Å². The van der Waals surface area contributed by atoms with E-state index in [1.165, 1.54) is 23.5 Å². The lowest BCUT2D eigenvalue weighted by Gasteiger charge is -2.38. The van der Waals surface area contributed by atoms with Crippen molar-refractivity contribution in [1.82, 2.24) is 0 Å². The summed E-state index contributed by atoms with van der Waals surface area (Å²) in [5.74, 6) is -16.1. The van der Waals surface area contributed by atoms with Crippen LogP contribution in [-0.2, 0) is 24.7 Å². The molecule has 1 aromatic heterocycles. The number of hydrogen-bond acceptors (Lipinski definition) is 1. The first-order chi connectivity index (χ1) is 25.6. The highest BCUT2D eigenvalue weighted by molar-refractivity contribution is 7.16. The largest absolute Gasteiger partial charge is 0.380 e. The summed E-state index contributed by atoms with van der Waals surface area (Å²) in [5.41, 5.74) is 2.81. The summed E-state index contributed by atoms with van der Waals surface area (Å²) < 4.78 is 98.4. The van der Waals surface area contributed by atoms with Crippen molar-refractivity contribution in [3.8, 4) is 10.4 Å². The Morgan fingerprint density at radius 3 is 1.56 bits per heavy atom. The Kier molecular flexibility index (Phi) is 9.49. The fraction of sp³-hybridized carbons (Fsp3) is 0.277. The third kappa shape index (κ3) is 5.56. The maximum absolute atomic E-state index is 16.7. The summed E-state index contributed by atoms with van der Waals surface area (Å²) in [7, 11) is 0. The fourth-order valence-corrected chi connectivity index (χ4v) is 9.50. The molecule has 0 aliphatic heterocycles. The van der Waals surface area contributed by atoms with Crippen molar-refractivity contribution in [1.29, 1.82) is 0 Å². The molecule has 0 amide bonds. The Bertz CT molecular complexity index is 2250. The summed E-state index contributed by atoms with van der Waals surface area (Å²) >= 11 is 1.19. The number of fused-ring (bicyclic) bond motifs is 2. The van der Waals surface area contributed by atoms with Crippen LogP contribution >= 0.6 is 11.3 Å². The standard InChI is InChI=1S/C47H42F6S/c1-7-31-12-20-34(21-13-31)29(5)26-38-30(6)44(36-22-14-32(8-2)15-23-36,37-24-16-33(9-3)17-25-37)43-39(27-40(54-43)35-18-10-28(4)11-19-35)42-41(38)45(48,49)47(52,53)46(42,50)51/h10-27H,7-9H2,1-6H3/b29-26+. The van der Waals surface area contributed by atoms with Gasteiger partial charge in [-0.3, -0.25) is 0 Å². The van der Waals surface area contributed by atoms with Crippen molar-refractivity contribution < 1.29 is 26.3 Å². The van der Waals surface area contributed by atoms with Crippen LogP contribution in [0.15, 0.2) is 126 Å². The predicted molar refractivity (Wildman–Crippen MR) is 210 cm³/mol. The van der Waals surface area contributed by atoms with E-state index in [4.69, 9.17) is 0 Å². The lowest BCUT2D eigenvalue weighted by Crippen LogP contribution is -2.49. The zero-order chi connectivity index (χ0) is 38.8. The number of hydrogen-bond donors (Lipinski definition) is 0. The maximum Gasteiger partial charge on any atom is 0.380 e. The van der Waals surface area contributed by atoms with Gasteiger partial charge in [-0.25, -0.2) is 0 Å². The molecule has 0 saturated heterocycles. The van der Waals surface area contributed by atoms with Crippen molar-refractivity contribution in [3.05, 3.63) is 175 Å². The zero-order valence-corrected chi connectivity index (χ0v) is 32.0. The Morgan fingerprint density at radius 2 is 1.07 bits per heavy atom. The molecule has 0 spiro atoms. The summed E-state index contributed by atoms with van der Waals surface area (Å²) in [5, 5.41) is 0. The summed E-state index contributed by atoms with van der Waals surface area (Å²) in [6.07, 6.45) is 3.68. The molecule has 7 rings (SSSR count). The van der Waals surface area contributed by atoms with E-state index in [9.17, 15) is 0 Å². The van der Waals surface area contributed by atoms with Gasteiger partial charge in [-0.05, 0) is 102 Å². The molecule has 1 heterocycles. The topological polar surface area (TPSA) is 0 Å². The molecule has 278 valence electrons. The molecule has 0 saturated carbocycles. The molecule has 0 unspecified atom stereocenters. The highest BCUT2D eigenvalue weighted by Crippen LogP contribution is 2.68. The average molecular weight is 753 g/mol. The van der Waals surface area contributed by atoms with Crippen molar-refractivity contribution >= 4 is 22.5 Å². The van der Waals surface area contributed by atoms with Gasteiger partial charge in [0, 0.05) is 26.5 Å². The molecule has 0 fully saturated rings. The van der Waals surface area contributed by atoms with E-state index >= 15 is 26.3 Å². The van der Waals surface area contributed by atoms with E-state index in [2.05, 4.69) is 0 Å². The number of halogens is 6. The molecule has 0 radical (unpaired) electrons. The fourth-order valence-electron chi connectivity index (χ4n) is 8.03. The predicted octanol–water partition coefficient (Wildman–Crippen LogP) is 13.9. The second-order valence-corrected chi connectivity index (χ2v) is 15.5. The van der Waals surface area contributed by atoms with Crippen molar-refractivity contribution in [2.45, 2.75) is 84.0 Å². The molecular weight excluding hydrogens is 711 g/mol. The van der Waals surface area contributed by atoms with Crippen LogP contribution in [0.5, 0.6) is 0 Å². The summed E-state index contributed by atoms with van der Waals surface area (Å²) in [4.78, 5) is 0.804. The number of rotatable bonds is 8. The normalized spacial score (nSPS) is 18.4. The maximum atomic E-state index is 16.7. The molecule has 0 nitrogen and oxygen atoms in total. The van der Waals surface area contributed by atoms with Gasteiger partial charge in [0.1, 0.15) is 0 Å². The molecular formula is C47H42F6S. The summed E-state index contributed by atoms with van der Waals surface area (Å²) in [6, 6.07) is 31.9. The molecule has 2 aliphatic rings. The van der Waals surface area contributed by atoms with Gasteiger partial charge in [0.2, 0.25) is 0 Å². The van der Waals surface area contributed by atoms with Gasteiger partial charge in [0.05, 0.1) is 5.41 Å². The SMILES string of the molecule is CCc1ccc(/C(C)=C/C2=C(C)C(c3ccc(CC)cc3)(c3ccc(CC)cc3)c3sc(-c4ccc(C)cc4)cc3C3=C2C(F)(F)C(F)(F)C3(F)F)cc1. The van der Waals surface area contributed by atoms with Crippen LogP contribution in [0.1, 0.15) is 84.0 Å². The minimum absolute atomic E-state index is 0.261.